The van der Waals surface area contributed by atoms with Crippen molar-refractivity contribution in [1.29, 1.82) is 0 Å². The van der Waals surface area contributed by atoms with E-state index < -0.39 is 0 Å². The molecule has 1 N–H and O–H groups in total. The molecule has 0 bridgehead atoms. The lowest BCUT2D eigenvalue weighted by atomic mass is 9.97. The van der Waals surface area contributed by atoms with Gasteiger partial charge >= 0.3 is 0 Å². The molecule has 0 fully saturated rings. The normalized spacial score (nSPS) is 11.8. The minimum atomic E-state index is 0.00455. The quantitative estimate of drug-likeness (QED) is 0.799. The summed E-state index contributed by atoms with van der Waals surface area (Å²) in [5.74, 6) is 1.26. The summed E-state index contributed by atoms with van der Waals surface area (Å²) in [4.78, 5) is 12.3. The van der Waals surface area contributed by atoms with Crippen LogP contribution in [0.4, 0.5) is 5.69 Å². The van der Waals surface area contributed by atoms with E-state index in [9.17, 15) is 4.79 Å². The maximum absolute atomic E-state index is 12.3. The molecule has 1 unspecified atom stereocenters. The molecule has 0 radical (unpaired) electrons. The molecule has 3 heteroatoms. The van der Waals surface area contributed by atoms with Gasteiger partial charge in [-0.1, -0.05) is 44.2 Å². The average Bonchev–Trinajstić information content (AvgIpc) is 2.56. The van der Waals surface area contributed by atoms with Gasteiger partial charge < -0.3 is 10.1 Å². The first-order valence-corrected chi connectivity index (χ1v) is 8.24. The Labute approximate surface area is 138 Å². The highest BCUT2D eigenvalue weighted by Gasteiger charge is 2.11. The van der Waals surface area contributed by atoms with E-state index in [0.717, 1.165) is 23.4 Å². The molecule has 2 rings (SSSR count). The molecule has 0 aliphatic heterocycles. The minimum absolute atomic E-state index is 0.00455. The highest BCUT2D eigenvalue weighted by molar-refractivity contribution is 5.93. The van der Waals surface area contributed by atoms with Crippen molar-refractivity contribution in [1.82, 2.24) is 0 Å². The highest BCUT2D eigenvalue weighted by atomic mass is 16.5. The second-order valence-corrected chi connectivity index (χ2v) is 5.70. The third-order valence-corrected chi connectivity index (χ3v) is 3.98. The van der Waals surface area contributed by atoms with Crippen LogP contribution in [-0.4, -0.2) is 12.5 Å². The van der Waals surface area contributed by atoms with Gasteiger partial charge in [0.15, 0.2) is 0 Å². The number of anilines is 1. The number of para-hydroxylation sites is 1. The fourth-order valence-corrected chi connectivity index (χ4v) is 2.51. The Morgan fingerprint density at radius 3 is 2.43 bits per heavy atom. The summed E-state index contributed by atoms with van der Waals surface area (Å²) in [6.45, 7) is 6.93. The largest absolute Gasteiger partial charge is 0.494 e. The Hall–Kier alpha value is -2.29. The fourth-order valence-electron chi connectivity index (χ4n) is 2.51. The molecule has 0 aliphatic carbocycles. The molecule has 3 nitrogen and oxygen atoms in total. The standard InChI is InChI=1S/C20H25NO2/c1-4-15(3)18-8-6-7-9-19(18)21-20(22)14-16-10-12-17(13-11-16)23-5-2/h6-13,15H,4-5,14H2,1-3H3,(H,21,22). The van der Waals surface area contributed by atoms with Gasteiger partial charge in [0, 0.05) is 5.69 Å². The smallest absolute Gasteiger partial charge is 0.228 e. The van der Waals surface area contributed by atoms with Crippen molar-refractivity contribution in [2.75, 3.05) is 11.9 Å². The molecule has 122 valence electrons. The van der Waals surface area contributed by atoms with Gasteiger partial charge in [0.2, 0.25) is 5.91 Å². The SMILES string of the molecule is CCOc1ccc(CC(=O)Nc2ccccc2C(C)CC)cc1. The zero-order valence-electron chi connectivity index (χ0n) is 14.1. The van der Waals surface area contributed by atoms with Crippen LogP contribution >= 0.6 is 0 Å². The number of hydrogen-bond acceptors (Lipinski definition) is 2. The summed E-state index contributed by atoms with van der Waals surface area (Å²) in [7, 11) is 0. The number of amides is 1. The van der Waals surface area contributed by atoms with Crippen LogP contribution in [0.2, 0.25) is 0 Å². The van der Waals surface area contributed by atoms with Crippen molar-refractivity contribution < 1.29 is 9.53 Å². The third-order valence-electron chi connectivity index (χ3n) is 3.98. The lowest BCUT2D eigenvalue weighted by Gasteiger charge is -2.15. The average molecular weight is 311 g/mol. The Balaban J connectivity index is 2.02. The van der Waals surface area contributed by atoms with Gasteiger partial charge in [-0.25, -0.2) is 0 Å². The molecule has 0 heterocycles. The van der Waals surface area contributed by atoms with Gasteiger partial charge in [-0.2, -0.15) is 0 Å². The molecule has 0 saturated heterocycles. The fraction of sp³-hybridized carbons (Fsp3) is 0.350. The zero-order chi connectivity index (χ0) is 16.7. The van der Waals surface area contributed by atoms with E-state index in [0.29, 0.717) is 18.9 Å². The van der Waals surface area contributed by atoms with Crippen LogP contribution < -0.4 is 10.1 Å². The summed E-state index contributed by atoms with van der Waals surface area (Å²) < 4.78 is 5.42. The molecule has 0 saturated carbocycles. The van der Waals surface area contributed by atoms with Crippen LogP contribution in [0.5, 0.6) is 5.75 Å². The third kappa shape index (κ3) is 4.85. The Bertz CT molecular complexity index is 634. The van der Waals surface area contributed by atoms with E-state index >= 15 is 0 Å². The Kier molecular flexibility index (Phi) is 6.21. The van der Waals surface area contributed by atoms with Crippen LogP contribution in [-0.2, 0) is 11.2 Å². The highest BCUT2D eigenvalue weighted by Crippen LogP contribution is 2.26. The summed E-state index contributed by atoms with van der Waals surface area (Å²) >= 11 is 0. The Morgan fingerprint density at radius 1 is 1.09 bits per heavy atom. The Morgan fingerprint density at radius 2 is 1.78 bits per heavy atom. The molecule has 1 atom stereocenters. The van der Waals surface area contributed by atoms with Gasteiger partial charge in [-0.3, -0.25) is 4.79 Å². The van der Waals surface area contributed by atoms with Crippen LogP contribution in [0.1, 0.15) is 44.2 Å². The molecule has 2 aromatic carbocycles. The molecular formula is C20H25NO2. The monoisotopic (exact) mass is 311 g/mol. The predicted molar refractivity (Wildman–Crippen MR) is 95.1 cm³/mol. The van der Waals surface area contributed by atoms with E-state index in [1.54, 1.807) is 0 Å². The first-order valence-electron chi connectivity index (χ1n) is 8.24. The number of hydrogen-bond donors (Lipinski definition) is 1. The summed E-state index contributed by atoms with van der Waals surface area (Å²) in [6.07, 6.45) is 1.41. The van der Waals surface area contributed by atoms with E-state index in [1.807, 2.05) is 49.4 Å². The van der Waals surface area contributed by atoms with Crippen molar-refractivity contribution in [2.45, 2.75) is 39.5 Å². The van der Waals surface area contributed by atoms with E-state index in [2.05, 4.69) is 25.2 Å². The second-order valence-electron chi connectivity index (χ2n) is 5.70. The van der Waals surface area contributed by atoms with E-state index in [4.69, 9.17) is 4.74 Å². The van der Waals surface area contributed by atoms with Crippen molar-refractivity contribution in [3.8, 4) is 5.75 Å². The van der Waals surface area contributed by atoms with Gasteiger partial charge in [0.25, 0.3) is 0 Å². The number of ether oxygens (including phenoxy) is 1. The molecule has 23 heavy (non-hydrogen) atoms. The molecule has 1 amide bonds. The van der Waals surface area contributed by atoms with Gasteiger partial charge in [-0.15, -0.1) is 0 Å². The summed E-state index contributed by atoms with van der Waals surface area (Å²) in [5, 5.41) is 3.04. The van der Waals surface area contributed by atoms with E-state index in [-0.39, 0.29) is 5.91 Å². The van der Waals surface area contributed by atoms with Gasteiger partial charge in [-0.05, 0) is 48.6 Å². The van der Waals surface area contributed by atoms with Crippen molar-refractivity contribution in [2.24, 2.45) is 0 Å². The lowest BCUT2D eigenvalue weighted by molar-refractivity contribution is -0.115. The molecule has 2 aromatic rings. The van der Waals surface area contributed by atoms with Crippen LogP contribution in [0.25, 0.3) is 0 Å². The second kappa shape index (κ2) is 8.37. The number of carbonyl (C=O) groups excluding carboxylic acids is 1. The summed E-state index contributed by atoms with van der Waals surface area (Å²) in [5.41, 5.74) is 3.08. The van der Waals surface area contributed by atoms with E-state index in [1.165, 1.54) is 5.56 Å². The number of nitrogens with one attached hydrogen (secondary N) is 1. The van der Waals surface area contributed by atoms with Crippen LogP contribution in [0, 0.1) is 0 Å². The van der Waals surface area contributed by atoms with Crippen molar-refractivity contribution in [3.05, 3.63) is 59.7 Å². The maximum Gasteiger partial charge on any atom is 0.228 e. The van der Waals surface area contributed by atoms with Crippen LogP contribution in [0.15, 0.2) is 48.5 Å². The minimum Gasteiger partial charge on any atom is -0.494 e. The molecule has 0 spiro atoms. The topological polar surface area (TPSA) is 38.3 Å². The van der Waals surface area contributed by atoms with Crippen molar-refractivity contribution >= 4 is 11.6 Å². The van der Waals surface area contributed by atoms with Crippen LogP contribution in [0.3, 0.4) is 0 Å². The van der Waals surface area contributed by atoms with Gasteiger partial charge in [0.05, 0.1) is 13.0 Å². The first-order chi connectivity index (χ1) is 11.1. The lowest BCUT2D eigenvalue weighted by Crippen LogP contribution is -2.16. The molecule has 0 aliphatic rings. The van der Waals surface area contributed by atoms with Gasteiger partial charge in [0.1, 0.15) is 5.75 Å². The first kappa shape index (κ1) is 17.1. The molecular weight excluding hydrogens is 286 g/mol. The zero-order valence-corrected chi connectivity index (χ0v) is 14.1. The predicted octanol–water partition coefficient (Wildman–Crippen LogP) is 4.78. The number of carbonyl (C=O) groups is 1. The number of rotatable bonds is 7. The maximum atomic E-state index is 12.3. The summed E-state index contributed by atoms with van der Waals surface area (Å²) in [6, 6.07) is 15.7. The molecule has 0 aromatic heterocycles. The number of benzene rings is 2. The van der Waals surface area contributed by atoms with Crippen molar-refractivity contribution in [3.63, 3.8) is 0 Å².